The average molecular weight is 258 g/mol. The molecule has 0 aliphatic carbocycles. The third kappa shape index (κ3) is 2.92. The van der Waals surface area contributed by atoms with Crippen LogP contribution in [-0.4, -0.2) is 18.1 Å². The first-order valence-electron chi connectivity index (χ1n) is 5.80. The predicted octanol–water partition coefficient (Wildman–Crippen LogP) is 3.72. The second-order valence-electron chi connectivity index (χ2n) is 4.85. The van der Waals surface area contributed by atoms with Gasteiger partial charge in [-0.3, -0.25) is 0 Å². The Morgan fingerprint density at radius 1 is 1.25 bits per heavy atom. The maximum atomic E-state index is 4.79. The minimum atomic E-state index is 0.111. The number of aromatic nitrogens is 1. The summed E-state index contributed by atoms with van der Waals surface area (Å²) in [6, 6.07) is 0. The van der Waals surface area contributed by atoms with Crippen molar-refractivity contribution in [3.05, 3.63) is 10.6 Å². The fourth-order valence-corrected chi connectivity index (χ4v) is 3.26. The van der Waals surface area contributed by atoms with Crippen molar-refractivity contribution in [2.45, 2.75) is 45.8 Å². The number of hydrogen-bond donors (Lipinski definition) is 1. The van der Waals surface area contributed by atoms with Gasteiger partial charge >= 0.3 is 0 Å². The molecule has 0 aromatic carbocycles. The lowest BCUT2D eigenvalue weighted by Gasteiger charge is -2.18. The van der Waals surface area contributed by atoms with Gasteiger partial charge in [-0.05, 0) is 13.8 Å². The van der Waals surface area contributed by atoms with Gasteiger partial charge in [-0.1, -0.05) is 20.8 Å². The molecule has 0 fully saturated rings. The van der Waals surface area contributed by atoms with E-state index in [1.54, 1.807) is 11.3 Å². The van der Waals surface area contributed by atoms with Gasteiger partial charge in [0.15, 0.2) is 5.13 Å². The summed E-state index contributed by atoms with van der Waals surface area (Å²) in [5, 5.41) is 1.14. The van der Waals surface area contributed by atoms with Crippen LogP contribution in [0.4, 0.5) is 5.13 Å². The lowest BCUT2D eigenvalue weighted by Crippen LogP contribution is -2.22. The smallest absolute Gasteiger partial charge is 0.185 e. The van der Waals surface area contributed by atoms with E-state index in [0.717, 1.165) is 24.0 Å². The zero-order valence-corrected chi connectivity index (χ0v) is 12.6. The Morgan fingerprint density at radius 3 is 2.12 bits per heavy atom. The first-order chi connectivity index (χ1) is 7.43. The van der Waals surface area contributed by atoms with Crippen molar-refractivity contribution in [1.29, 1.82) is 0 Å². The molecule has 0 aliphatic rings. The molecule has 16 heavy (non-hydrogen) atoms. The molecule has 0 bridgehead atoms. The zero-order chi connectivity index (χ0) is 12.3. The Morgan fingerprint density at radius 2 is 1.81 bits per heavy atom. The standard InChI is InChI=1S/C12H22N2S2/c1-6-14(7-2)11-13-10(12(3,4)5)9(8-15)16-11/h15H,6-8H2,1-5H3. The molecule has 0 atom stereocenters. The van der Waals surface area contributed by atoms with Crippen molar-refractivity contribution in [1.82, 2.24) is 4.98 Å². The van der Waals surface area contributed by atoms with Gasteiger partial charge in [-0.25, -0.2) is 4.98 Å². The molecule has 1 aromatic rings. The number of nitrogens with zero attached hydrogens (tertiary/aromatic N) is 2. The molecule has 1 heterocycles. The maximum absolute atomic E-state index is 4.79. The summed E-state index contributed by atoms with van der Waals surface area (Å²) in [6.07, 6.45) is 0. The fraction of sp³-hybridized carbons (Fsp3) is 0.750. The van der Waals surface area contributed by atoms with Crippen molar-refractivity contribution >= 4 is 29.1 Å². The van der Waals surface area contributed by atoms with Crippen LogP contribution in [-0.2, 0) is 11.2 Å². The van der Waals surface area contributed by atoms with E-state index in [9.17, 15) is 0 Å². The second-order valence-corrected chi connectivity index (χ2v) is 6.23. The molecule has 0 saturated carbocycles. The maximum Gasteiger partial charge on any atom is 0.185 e. The number of rotatable bonds is 4. The molecular formula is C12H22N2S2. The summed E-state index contributed by atoms with van der Waals surface area (Å²) < 4.78 is 0. The summed E-state index contributed by atoms with van der Waals surface area (Å²) in [5.41, 5.74) is 1.31. The Labute approximate surface area is 108 Å². The molecule has 1 rings (SSSR count). The molecule has 0 amide bonds. The minimum Gasteiger partial charge on any atom is -0.349 e. The average Bonchev–Trinajstić information content (AvgIpc) is 2.63. The number of thiol groups is 1. The monoisotopic (exact) mass is 258 g/mol. The number of anilines is 1. The van der Waals surface area contributed by atoms with Gasteiger partial charge in [-0.15, -0.1) is 11.3 Å². The zero-order valence-electron chi connectivity index (χ0n) is 10.9. The van der Waals surface area contributed by atoms with Gasteiger partial charge in [0.2, 0.25) is 0 Å². The Kier molecular flexibility index (Phi) is 4.68. The lowest BCUT2D eigenvalue weighted by molar-refractivity contribution is 0.568. The highest BCUT2D eigenvalue weighted by atomic mass is 32.1. The molecular weight excluding hydrogens is 236 g/mol. The fourth-order valence-electron chi connectivity index (χ4n) is 1.66. The van der Waals surface area contributed by atoms with Gasteiger partial charge in [0.25, 0.3) is 0 Å². The van der Waals surface area contributed by atoms with Gasteiger partial charge in [0, 0.05) is 29.1 Å². The highest BCUT2D eigenvalue weighted by Gasteiger charge is 2.23. The first kappa shape index (κ1) is 13.8. The molecule has 0 radical (unpaired) electrons. The highest BCUT2D eigenvalue weighted by Crippen LogP contribution is 2.34. The van der Waals surface area contributed by atoms with E-state index in [1.807, 2.05) is 0 Å². The van der Waals surface area contributed by atoms with E-state index in [4.69, 9.17) is 4.98 Å². The van der Waals surface area contributed by atoms with Gasteiger partial charge < -0.3 is 4.90 Å². The van der Waals surface area contributed by atoms with E-state index >= 15 is 0 Å². The van der Waals surface area contributed by atoms with Crippen LogP contribution in [0.5, 0.6) is 0 Å². The highest BCUT2D eigenvalue weighted by molar-refractivity contribution is 7.79. The topological polar surface area (TPSA) is 16.1 Å². The molecule has 0 spiro atoms. The molecule has 0 aliphatic heterocycles. The largest absolute Gasteiger partial charge is 0.349 e. The molecule has 4 heteroatoms. The summed E-state index contributed by atoms with van der Waals surface area (Å²) >= 11 is 6.19. The van der Waals surface area contributed by atoms with Crippen molar-refractivity contribution in [3.8, 4) is 0 Å². The second kappa shape index (κ2) is 5.41. The third-order valence-electron chi connectivity index (χ3n) is 2.57. The summed E-state index contributed by atoms with van der Waals surface area (Å²) in [7, 11) is 0. The van der Waals surface area contributed by atoms with Crippen molar-refractivity contribution in [3.63, 3.8) is 0 Å². The Hall–Kier alpha value is -0.220. The van der Waals surface area contributed by atoms with Crippen LogP contribution < -0.4 is 4.90 Å². The van der Waals surface area contributed by atoms with Crippen LogP contribution >= 0.6 is 24.0 Å². The third-order valence-corrected chi connectivity index (χ3v) is 4.22. The lowest BCUT2D eigenvalue weighted by atomic mass is 9.91. The minimum absolute atomic E-state index is 0.111. The first-order valence-corrected chi connectivity index (χ1v) is 7.24. The van der Waals surface area contributed by atoms with Crippen molar-refractivity contribution < 1.29 is 0 Å². The quantitative estimate of drug-likeness (QED) is 0.829. The number of thiazole rings is 1. The van der Waals surface area contributed by atoms with E-state index in [-0.39, 0.29) is 5.41 Å². The van der Waals surface area contributed by atoms with Crippen molar-refractivity contribution in [2.24, 2.45) is 0 Å². The SMILES string of the molecule is CCN(CC)c1nc(C(C)(C)C)c(CS)s1. The summed E-state index contributed by atoms with van der Waals surface area (Å²) in [4.78, 5) is 8.39. The number of hydrogen-bond acceptors (Lipinski definition) is 4. The normalized spacial score (nSPS) is 11.9. The van der Waals surface area contributed by atoms with E-state index < -0.39 is 0 Å². The molecule has 0 unspecified atom stereocenters. The Bertz CT molecular complexity index is 335. The van der Waals surface area contributed by atoms with Crippen LogP contribution in [0.1, 0.15) is 45.2 Å². The van der Waals surface area contributed by atoms with Crippen LogP contribution in [0.25, 0.3) is 0 Å². The molecule has 92 valence electrons. The summed E-state index contributed by atoms with van der Waals surface area (Å²) in [6.45, 7) is 13.0. The molecule has 2 nitrogen and oxygen atoms in total. The van der Waals surface area contributed by atoms with Gasteiger partial charge in [0.05, 0.1) is 5.69 Å². The molecule has 1 aromatic heterocycles. The van der Waals surface area contributed by atoms with E-state index in [0.29, 0.717) is 0 Å². The van der Waals surface area contributed by atoms with Gasteiger partial charge in [-0.2, -0.15) is 12.6 Å². The van der Waals surface area contributed by atoms with Crippen LogP contribution in [0.15, 0.2) is 0 Å². The van der Waals surface area contributed by atoms with E-state index in [1.165, 1.54) is 10.6 Å². The van der Waals surface area contributed by atoms with Crippen LogP contribution in [0, 0.1) is 0 Å². The van der Waals surface area contributed by atoms with Gasteiger partial charge in [0.1, 0.15) is 0 Å². The van der Waals surface area contributed by atoms with Crippen molar-refractivity contribution in [2.75, 3.05) is 18.0 Å². The summed E-state index contributed by atoms with van der Waals surface area (Å²) in [5.74, 6) is 0.783. The van der Waals surface area contributed by atoms with Crippen LogP contribution in [0.3, 0.4) is 0 Å². The predicted molar refractivity (Wildman–Crippen MR) is 77.1 cm³/mol. The Balaban J connectivity index is 3.12. The van der Waals surface area contributed by atoms with Crippen LogP contribution in [0.2, 0.25) is 0 Å². The molecule has 0 N–H and O–H groups in total. The van der Waals surface area contributed by atoms with E-state index in [2.05, 4.69) is 52.1 Å². The molecule has 0 saturated heterocycles.